The molecule has 0 aliphatic carbocycles. The van der Waals surface area contributed by atoms with Crippen LogP contribution in [0.3, 0.4) is 0 Å². The second kappa shape index (κ2) is 6.33. The molecule has 1 aliphatic rings. The van der Waals surface area contributed by atoms with E-state index in [2.05, 4.69) is 5.32 Å². The van der Waals surface area contributed by atoms with E-state index in [4.69, 9.17) is 26.2 Å². The number of methoxy groups -OCH3 is 2. The van der Waals surface area contributed by atoms with E-state index in [0.29, 0.717) is 5.02 Å². The summed E-state index contributed by atoms with van der Waals surface area (Å²) < 4.78 is 12.8. The SMILES string of the molecule is COc1ccc(-c2nn(-c3ccc(Cl)cc3)c3c2CCN3)c(OC)c1. The van der Waals surface area contributed by atoms with E-state index in [1.54, 1.807) is 14.2 Å². The number of hydrogen-bond acceptors (Lipinski definition) is 4. The Labute approximate surface area is 151 Å². The summed E-state index contributed by atoms with van der Waals surface area (Å²) in [5, 5.41) is 9.00. The molecule has 1 N–H and O–H groups in total. The molecular formula is C19H18ClN3O2. The molecule has 0 spiro atoms. The Morgan fingerprint density at radius 2 is 1.88 bits per heavy atom. The van der Waals surface area contributed by atoms with Crippen molar-refractivity contribution in [1.82, 2.24) is 9.78 Å². The van der Waals surface area contributed by atoms with Gasteiger partial charge in [0.2, 0.25) is 0 Å². The summed E-state index contributed by atoms with van der Waals surface area (Å²) in [6.07, 6.45) is 0.924. The van der Waals surface area contributed by atoms with Crippen molar-refractivity contribution in [2.75, 3.05) is 26.1 Å². The first-order valence-corrected chi connectivity index (χ1v) is 8.43. The fraction of sp³-hybridized carbons (Fsp3) is 0.211. The first-order valence-electron chi connectivity index (χ1n) is 8.05. The van der Waals surface area contributed by atoms with Gasteiger partial charge in [0.05, 0.1) is 19.9 Å². The number of anilines is 1. The van der Waals surface area contributed by atoms with Crippen LogP contribution in [-0.4, -0.2) is 30.5 Å². The highest BCUT2D eigenvalue weighted by Crippen LogP contribution is 2.39. The molecule has 1 aromatic heterocycles. The predicted molar refractivity (Wildman–Crippen MR) is 99.3 cm³/mol. The molecule has 0 bridgehead atoms. The van der Waals surface area contributed by atoms with Crippen molar-refractivity contribution in [3.8, 4) is 28.4 Å². The smallest absolute Gasteiger partial charge is 0.133 e. The summed E-state index contributed by atoms with van der Waals surface area (Å²) in [6, 6.07) is 13.5. The van der Waals surface area contributed by atoms with Crippen LogP contribution in [0, 0.1) is 0 Å². The molecule has 6 heteroatoms. The van der Waals surface area contributed by atoms with Gasteiger partial charge in [0.15, 0.2) is 0 Å². The van der Waals surface area contributed by atoms with Gasteiger partial charge in [-0.3, -0.25) is 0 Å². The number of nitrogens with zero attached hydrogens (tertiary/aromatic N) is 2. The number of fused-ring (bicyclic) bond motifs is 1. The van der Waals surface area contributed by atoms with Crippen molar-refractivity contribution in [3.63, 3.8) is 0 Å². The minimum absolute atomic E-state index is 0.706. The lowest BCUT2D eigenvalue weighted by Gasteiger charge is -2.09. The minimum atomic E-state index is 0.706. The van der Waals surface area contributed by atoms with Crippen LogP contribution in [0.5, 0.6) is 11.5 Å². The van der Waals surface area contributed by atoms with Gasteiger partial charge in [-0.05, 0) is 42.8 Å². The highest BCUT2D eigenvalue weighted by Gasteiger charge is 2.25. The summed E-state index contributed by atoms with van der Waals surface area (Å²) in [5.41, 5.74) is 4.04. The first kappa shape index (κ1) is 15.8. The lowest BCUT2D eigenvalue weighted by atomic mass is 10.1. The van der Waals surface area contributed by atoms with Crippen LogP contribution >= 0.6 is 11.6 Å². The van der Waals surface area contributed by atoms with Crippen LogP contribution in [0.2, 0.25) is 5.02 Å². The van der Waals surface area contributed by atoms with Crippen molar-refractivity contribution in [3.05, 3.63) is 53.1 Å². The van der Waals surface area contributed by atoms with Crippen molar-refractivity contribution < 1.29 is 9.47 Å². The molecular weight excluding hydrogens is 338 g/mol. The molecule has 5 nitrogen and oxygen atoms in total. The second-order valence-corrected chi connectivity index (χ2v) is 6.24. The van der Waals surface area contributed by atoms with Crippen LogP contribution in [0.25, 0.3) is 16.9 Å². The van der Waals surface area contributed by atoms with Gasteiger partial charge in [0, 0.05) is 28.8 Å². The molecule has 2 aromatic carbocycles. The average Bonchev–Trinajstić information content (AvgIpc) is 3.25. The van der Waals surface area contributed by atoms with Crippen molar-refractivity contribution in [2.45, 2.75) is 6.42 Å². The molecule has 0 saturated carbocycles. The zero-order chi connectivity index (χ0) is 17.4. The van der Waals surface area contributed by atoms with Gasteiger partial charge in [-0.2, -0.15) is 5.10 Å². The molecule has 2 heterocycles. The monoisotopic (exact) mass is 355 g/mol. The van der Waals surface area contributed by atoms with E-state index in [-0.39, 0.29) is 0 Å². The Kier molecular flexibility index (Phi) is 4.01. The van der Waals surface area contributed by atoms with Crippen molar-refractivity contribution in [2.24, 2.45) is 0 Å². The van der Waals surface area contributed by atoms with E-state index >= 15 is 0 Å². The number of hydrogen-bond donors (Lipinski definition) is 1. The van der Waals surface area contributed by atoms with Crippen LogP contribution in [0.1, 0.15) is 5.56 Å². The Balaban J connectivity index is 1.87. The normalized spacial score (nSPS) is 12.6. The maximum Gasteiger partial charge on any atom is 0.133 e. The van der Waals surface area contributed by atoms with E-state index in [1.165, 1.54) is 5.56 Å². The number of aromatic nitrogens is 2. The third-order valence-electron chi connectivity index (χ3n) is 4.39. The second-order valence-electron chi connectivity index (χ2n) is 5.81. The van der Waals surface area contributed by atoms with Gasteiger partial charge < -0.3 is 14.8 Å². The molecule has 0 radical (unpaired) electrons. The molecule has 0 fully saturated rings. The summed E-state index contributed by atoms with van der Waals surface area (Å²) >= 11 is 6.01. The minimum Gasteiger partial charge on any atom is -0.497 e. The molecule has 0 amide bonds. The van der Waals surface area contributed by atoms with E-state index in [0.717, 1.165) is 47.2 Å². The lowest BCUT2D eigenvalue weighted by molar-refractivity contribution is 0.395. The largest absolute Gasteiger partial charge is 0.497 e. The first-order chi connectivity index (χ1) is 12.2. The molecule has 3 aromatic rings. The molecule has 128 valence electrons. The van der Waals surface area contributed by atoms with E-state index < -0.39 is 0 Å². The van der Waals surface area contributed by atoms with Gasteiger partial charge in [0.1, 0.15) is 23.0 Å². The van der Waals surface area contributed by atoms with E-state index in [9.17, 15) is 0 Å². The molecule has 0 atom stereocenters. The summed E-state index contributed by atoms with van der Waals surface area (Å²) in [7, 11) is 3.30. The van der Waals surface area contributed by atoms with Gasteiger partial charge in [-0.15, -0.1) is 0 Å². The van der Waals surface area contributed by atoms with Gasteiger partial charge in [0.25, 0.3) is 0 Å². The number of rotatable bonds is 4. The Morgan fingerprint density at radius 1 is 1.08 bits per heavy atom. The summed E-state index contributed by atoms with van der Waals surface area (Å²) in [5.74, 6) is 2.53. The van der Waals surface area contributed by atoms with Crippen LogP contribution < -0.4 is 14.8 Å². The standard InChI is InChI=1S/C19H18ClN3O2/c1-24-14-7-8-15(17(11-14)25-2)18-16-9-10-21-19(16)23(22-18)13-5-3-12(20)4-6-13/h3-8,11,21H,9-10H2,1-2H3. The third-order valence-corrected chi connectivity index (χ3v) is 4.64. The molecule has 25 heavy (non-hydrogen) atoms. The Bertz CT molecular complexity index is 919. The Morgan fingerprint density at radius 3 is 2.60 bits per heavy atom. The van der Waals surface area contributed by atoms with Crippen molar-refractivity contribution in [1.29, 1.82) is 0 Å². The van der Waals surface area contributed by atoms with Gasteiger partial charge in [-0.25, -0.2) is 4.68 Å². The molecule has 4 rings (SSSR count). The molecule has 0 saturated heterocycles. The predicted octanol–water partition coefficient (Wildman–Crippen LogP) is 4.18. The number of halogens is 1. The maximum absolute atomic E-state index is 6.01. The average molecular weight is 356 g/mol. The van der Waals surface area contributed by atoms with Crippen LogP contribution in [-0.2, 0) is 6.42 Å². The molecule has 0 unspecified atom stereocenters. The topological polar surface area (TPSA) is 48.3 Å². The lowest BCUT2D eigenvalue weighted by Crippen LogP contribution is -2.04. The number of nitrogens with one attached hydrogen (secondary N) is 1. The quantitative estimate of drug-likeness (QED) is 0.762. The zero-order valence-electron chi connectivity index (χ0n) is 14.0. The highest BCUT2D eigenvalue weighted by molar-refractivity contribution is 6.30. The molecule has 1 aliphatic heterocycles. The van der Waals surface area contributed by atoms with Crippen LogP contribution in [0.15, 0.2) is 42.5 Å². The fourth-order valence-electron chi connectivity index (χ4n) is 3.15. The van der Waals surface area contributed by atoms with Crippen LogP contribution in [0.4, 0.5) is 5.82 Å². The third kappa shape index (κ3) is 2.70. The van der Waals surface area contributed by atoms with Gasteiger partial charge >= 0.3 is 0 Å². The number of ether oxygens (including phenoxy) is 2. The highest BCUT2D eigenvalue weighted by atomic mass is 35.5. The summed E-state index contributed by atoms with van der Waals surface area (Å²) in [4.78, 5) is 0. The maximum atomic E-state index is 6.01. The van der Waals surface area contributed by atoms with E-state index in [1.807, 2.05) is 47.1 Å². The van der Waals surface area contributed by atoms with Gasteiger partial charge in [-0.1, -0.05) is 11.6 Å². The van der Waals surface area contributed by atoms with Crippen molar-refractivity contribution >= 4 is 17.4 Å². The number of benzene rings is 2. The Hall–Kier alpha value is -2.66. The fourth-order valence-corrected chi connectivity index (χ4v) is 3.28. The summed E-state index contributed by atoms with van der Waals surface area (Å²) in [6.45, 7) is 0.895. The zero-order valence-corrected chi connectivity index (χ0v) is 14.8.